The molecule has 1 saturated carbocycles. The van der Waals surface area contributed by atoms with E-state index >= 15 is 0 Å². The summed E-state index contributed by atoms with van der Waals surface area (Å²) in [5, 5.41) is 3.01. The summed E-state index contributed by atoms with van der Waals surface area (Å²) in [5.41, 5.74) is 1.31. The van der Waals surface area contributed by atoms with E-state index in [0.29, 0.717) is 11.6 Å². The lowest BCUT2D eigenvalue weighted by atomic mass is 9.86. The molecule has 2 aromatic heterocycles. The maximum atomic E-state index is 12.5. The van der Waals surface area contributed by atoms with Gasteiger partial charge in [-0.1, -0.05) is 25.8 Å². The summed E-state index contributed by atoms with van der Waals surface area (Å²) < 4.78 is 1.44. The Balaban J connectivity index is 1.91. The summed E-state index contributed by atoms with van der Waals surface area (Å²) >= 11 is 0. The minimum Gasteiger partial charge on any atom is -0.349 e. The average molecular weight is 299 g/mol. The number of hydrogen-bond acceptors (Lipinski definition) is 3. The zero-order valence-electron chi connectivity index (χ0n) is 13.0. The van der Waals surface area contributed by atoms with Crippen LogP contribution in [0.5, 0.6) is 0 Å². The standard InChI is InChI=1S/C17H21N3O2/c1-11-7-8-15-18-9-13(17(22)20(15)10-11)16(21)19-14-6-4-3-5-12(14)2/h7-10,12,14H,3-6H2,1-2H3,(H,19,21)/t12-,14+/m1/s1. The number of pyridine rings is 1. The minimum atomic E-state index is -0.313. The van der Waals surface area contributed by atoms with Crippen LogP contribution in [0, 0.1) is 12.8 Å². The first kappa shape index (κ1) is 14.8. The number of aryl methyl sites for hydroxylation is 1. The van der Waals surface area contributed by atoms with Crippen LogP contribution in [0.15, 0.2) is 29.3 Å². The molecule has 0 saturated heterocycles. The summed E-state index contributed by atoms with van der Waals surface area (Å²) in [6.07, 6.45) is 7.55. The van der Waals surface area contributed by atoms with Crippen LogP contribution in [-0.2, 0) is 0 Å². The molecular formula is C17H21N3O2. The third kappa shape index (κ3) is 2.75. The van der Waals surface area contributed by atoms with Gasteiger partial charge in [0.2, 0.25) is 0 Å². The van der Waals surface area contributed by atoms with Crippen LogP contribution < -0.4 is 10.9 Å². The number of carbonyl (C=O) groups is 1. The van der Waals surface area contributed by atoms with Crippen molar-refractivity contribution < 1.29 is 4.79 Å². The van der Waals surface area contributed by atoms with Crippen molar-refractivity contribution in [1.82, 2.24) is 14.7 Å². The van der Waals surface area contributed by atoms with Gasteiger partial charge in [0.1, 0.15) is 11.2 Å². The number of amides is 1. The number of carbonyl (C=O) groups excluding carboxylic acids is 1. The number of aromatic nitrogens is 2. The summed E-state index contributed by atoms with van der Waals surface area (Å²) in [4.78, 5) is 29.2. The number of fused-ring (bicyclic) bond motifs is 1. The van der Waals surface area contributed by atoms with E-state index in [1.165, 1.54) is 17.0 Å². The van der Waals surface area contributed by atoms with Crippen molar-refractivity contribution in [2.75, 3.05) is 0 Å². The molecule has 1 amide bonds. The van der Waals surface area contributed by atoms with Crippen molar-refractivity contribution in [1.29, 1.82) is 0 Å². The van der Waals surface area contributed by atoms with Gasteiger partial charge in [0.25, 0.3) is 11.5 Å². The van der Waals surface area contributed by atoms with Crippen molar-refractivity contribution in [3.63, 3.8) is 0 Å². The summed E-state index contributed by atoms with van der Waals surface area (Å²) in [6, 6.07) is 3.83. The van der Waals surface area contributed by atoms with Gasteiger partial charge >= 0.3 is 0 Å². The Hall–Kier alpha value is -2.17. The van der Waals surface area contributed by atoms with E-state index in [-0.39, 0.29) is 23.1 Å². The molecule has 2 atom stereocenters. The van der Waals surface area contributed by atoms with Gasteiger partial charge in [-0.15, -0.1) is 0 Å². The molecule has 5 nitrogen and oxygen atoms in total. The predicted molar refractivity (Wildman–Crippen MR) is 85.1 cm³/mol. The molecule has 22 heavy (non-hydrogen) atoms. The zero-order chi connectivity index (χ0) is 15.7. The molecule has 5 heteroatoms. The molecule has 0 spiro atoms. The van der Waals surface area contributed by atoms with Gasteiger partial charge in [-0.25, -0.2) is 4.98 Å². The zero-order valence-corrected chi connectivity index (χ0v) is 13.0. The van der Waals surface area contributed by atoms with Crippen molar-refractivity contribution in [3.05, 3.63) is 46.0 Å². The SMILES string of the molecule is Cc1ccc2ncc(C(=O)N[C@H]3CCCC[C@H]3C)c(=O)n2c1. The van der Waals surface area contributed by atoms with E-state index in [4.69, 9.17) is 0 Å². The molecule has 0 aliphatic heterocycles. The lowest BCUT2D eigenvalue weighted by Crippen LogP contribution is -2.43. The van der Waals surface area contributed by atoms with Gasteiger partial charge < -0.3 is 5.32 Å². The van der Waals surface area contributed by atoms with Crippen LogP contribution in [0.4, 0.5) is 0 Å². The fourth-order valence-corrected chi connectivity index (χ4v) is 3.12. The average Bonchev–Trinajstić information content (AvgIpc) is 2.50. The lowest BCUT2D eigenvalue weighted by Gasteiger charge is -2.29. The van der Waals surface area contributed by atoms with Crippen molar-refractivity contribution in [2.24, 2.45) is 5.92 Å². The Labute approximate surface area is 129 Å². The maximum Gasteiger partial charge on any atom is 0.270 e. The fraction of sp³-hybridized carbons (Fsp3) is 0.471. The molecule has 2 heterocycles. The Morgan fingerprint density at radius 1 is 1.32 bits per heavy atom. The van der Waals surface area contributed by atoms with E-state index in [1.54, 1.807) is 12.3 Å². The quantitative estimate of drug-likeness (QED) is 0.925. The Morgan fingerprint density at radius 2 is 2.09 bits per heavy atom. The van der Waals surface area contributed by atoms with Crippen molar-refractivity contribution in [2.45, 2.75) is 45.6 Å². The highest BCUT2D eigenvalue weighted by Crippen LogP contribution is 2.23. The molecule has 0 aromatic carbocycles. The summed E-state index contributed by atoms with van der Waals surface area (Å²) in [7, 11) is 0. The summed E-state index contributed by atoms with van der Waals surface area (Å²) in [6.45, 7) is 4.06. The smallest absolute Gasteiger partial charge is 0.270 e. The van der Waals surface area contributed by atoms with Crippen LogP contribution in [0.1, 0.15) is 48.5 Å². The fourth-order valence-electron chi connectivity index (χ4n) is 3.12. The molecule has 1 aliphatic carbocycles. The molecule has 0 bridgehead atoms. The Bertz CT molecular complexity index is 766. The molecule has 2 aromatic rings. The van der Waals surface area contributed by atoms with Gasteiger partial charge in [0, 0.05) is 18.4 Å². The first-order valence-electron chi connectivity index (χ1n) is 7.85. The second kappa shape index (κ2) is 5.91. The molecule has 0 unspecified atom stereocenters. The molecular weight excluding hydrogens is 278 g/mol. The number of rotatable bonds is 2. The first-order valence-corrected chi connectivity index (χ1v) is 7.85. The lowest BCUT2D eigenvalue weighted by molar-refractivity contribution is 0.0908. The van der Waals surface area contributed by atoms with Crippen LogP contribution in [0.25, 0.3) is 5.65 Å². The topological polar surface area (TPSA) is 63.5 Å². The highest BCUT2D eigenvalue weighted by Gasteiger charge is 2.24. The highest BCUT2D eigenvalue weighted by atomic mass is 16.2. The molecule has 1 N–H and O–H groups in total. The first-order chi connectivity index (χ1) is 10.6. The van der Waals surface area contributed by atoms with E-state index in [0.717, 1.165) is 24.8 Å². The number of nitrogens with one attached hydrogen (secondary N) is 1. The van der Waals surface area contributed by atoms with Crippen LogP contribution >= 0.6 is 0 Å². The third-order valence-corrected chi connectivity index (χ3v) is 4.52. The molecule has 1 aliphatic rings. The number of hydrogen-bond donors (Lipinski definition) is 1. The monoisotopic (exact) mass is 299 g/mol. The Morgan fingerprint density at radius 3 is 2.86 bits per heavy atom. The van der Waals surface area contributed by atoms with Crippen LogP contribution in [0.2, 0.25) is 0 Å². The van der Waals surface area contributed by atoms with Crippen LogP contribution in [-0.4, -0.2) is 21.3 Å². The van der Waals surface area contributed by atoms with Gasteiger partial charge in [-0.2, -0.15) is 0 Å². The molecule has 116 valence electrons. The number of nitrogens with zero attached hydrogens (tertiary/aromatic N) is 2. The maximum absolute atomic E-state index is 12.5. The van der Waals surface area contributed by atoms with Gasteiger partial charge in [0.05, 0.1) is 0 Å². The van der Waals surface area contributed by atoms with Crippen molar-refractivity contribution in [3.8, 4) is 0 Å². The van der Waals surface area contributed by atoms with E-state index in [2.05, 4.69) is 17.2 Å². The Kier molecular flexibility index (Phi) is 3.96. The van der Waals surface area contributed by atoms with Crippen LogP contribution in [0.3, 0.4) is 0 Å². The largest absolute Gasteiger partial charge is 0.349 e. The molecule has 0 radical (unpaired) electrons. The second-order valence-corrected chi connectivity index (χ2v) is 6.25. The van der Waals surface area contributed by atoms with E-state index in [9.17, 15) is 9.59 Å². The minimum absolute atomic E-state index is 0.112. The van der Waals surface area contributed by atoms with E-state index in [1.807, 2.05) is 13.0 Å². The van der Waals surface area contributed by atoms with Gasteiger partial charge in [-0.05, 0) is 37.3 Å². The predicted octanol–water partition coefficient (Wildman–Crippen LogP) is 2.31. The highest BCUT2D eigenvalue weighted by molar-refractivity contribution is 5.93. The molecule has 1 fully saturated rings. The van der Waals surface area contributed by atoms with Gasteiger partial charge in [0.15, 0.2) is 0 Å². The third-order valence-electron chi connectivity index (χ3n) is 4.52. The van der Waals surface area contributed by atoms with Gasteiger partial charge in [-0.3, -0.25) is 14.0 Å². The normalized spacial score (nSPS) is 21.7. The summed E-state index contributed by atoms with van der Waals surface area (Å²) in [5.74, 6) is 0.142. The second-order valence-electron chi connectivity index (χ2n) is 6.25. The van der Waals surface area contributed by atoms with Crippen molar-refractivity contribution >= 4 is 11.6 Å². The molecule has 3 rings (SSSR count). The van der Waals surface area contributed by atoms with E-state index < -0.39 is 0 Å².